The minimum Gasteiger partial charge on any atom is -0.481 e. The van der Waals surface area contributed by atoms with E-state index in [-0.39, 0.29) is 5.75 Å². The molecule has 0 saturated carbocycles. The molecular weight excluding hydrogens is 311 g/mol. The van der Waals surface area contributed by atoms with Crippen LogP contribution in [0, 0.1) is 5.82 Å². The summed E-state index contributed by atoms with van der Waals surface area (Å²) in [4.78, 5) is 14.3. The predicted octanol–water partition coefficient (Wildman–Crippen LogP) is 2.62. The maximum atomic E-state index is 13.8. The van der Waals surface area contributed by atoms with Crippen LogP contribution in [0.5, 0.6) is 5.75 Å². The van der Waals surface area contributed by atoms with Gasteiger partial charge in [-0.05, 0) is 25.1 Å². The second-order valence-electron chi connectivity index (χ2n) is 5.39. The number of halogens is 1. The Balaban J connectivity index is 1.92. The Morgan fingerprint density at radius 1 is 1.29 bits per heavy atom. The lowest BCUT2D eigenvalue weighted by Gasteiger charge is -2.15. The molecule has 0 N–H and O–H groups in total. The number of fused-ring (bicyclic) bond motifs is 1. The van der Waals surface area contributed by atoms with E-state index in [1.807, 2.05) is 21.0 Å². The van der Waals surface area contributed by atoms with Crippen LogP contribution < -0.4 is 4.74 Å². The SMILES string of the molecule is CC(Oc1ccccc1F)c1ccnc2nc(N=CN(C)C)nn12. The van der Waals surface area contributed by atoms with Gasteiger partial charge in [0, 0.05) is 20.3 Å². The number of nitrogens with zero attached hydrogens (tertiary/aromatic N) is 6. The predicted molar refractivity (Wildman–Crippen MR) is 88.1 cm³/mol. The topological polar surface area (TPSA) is 67.9 Å². The highest BCUT2D eigenvalue weighted by atomic mass is 19.1. The van der Waals surface area contributed by atoms with E-state index < -0.39 is 11.9 Å². The molecule has 7 nitrogen and oxygen atoms in total. The summed E-state index contributed by atoms with van der Waals surface area (Å²) in [5.74, 6) is 0.467. The van der Waals surface area contributed by atoms with Crippen molar-refractivity contribution >= 4 is 18.1 Å². The van der Waals surface area contributed by atoms with Gasteiger partial charge in [0.15, 0.2) is 11.6 Å². The zero-order valence-corrected chi connectivity index (χ0v) is 13.6. The summed E-state index contributed by atoms with van der Waals surface area (Å²) in [6.07, 6.45) is 2.77. The summed E-state index contributed by atoms with van der Waals surface area (Å²) < 4.78 is 21.0. The van der Waals surface area contributed by atoms with Gasteiger partial charge in [-0.2, -0.15) is 9.50 Å². The van der Waals surface area contributed by atoms with E-state index in [1.54, 1.807) is 46.2 Å². The highest BCUT2D eigenvalue weighted by molar-refractivity contribution is 5.58. The lowest BCUT2D eigenvalue weighted by molar-refractivity contribution is 0.209. The first-order valence-corrected chi connectivity index (χ1v) is 7.38. The smallest absolute Gasteiger partial charge is 0.272 e. The molecule has 0 saturated heterocycles. The average Bonchev–Trinajstić information content (AvgIpc) is 2.98. The van der Waals surface area contributed by atoms with Crippen LogP contribution in [0.15, 0.2) is 41.5 Å². The second-order valence-corrected chi connectivity index (χ2v) is 5.39. The third-order valence-corrected chi connectivity index (χ3v) is 3.22. The van der Waals surface area contributed by atoms with Crippen LogP contribution in [0.4, 0.5) is 10.3 Å². The molecule has 0 aliphatic rings. The number of aliphatic imine (C=N–C) groups is 1. The molecule has 0 aliphatic carbocycles. The summed E-state index contributed by atoms with van der Waals surface area (Å²) >= 11 is 0. The van der Waals surface area contributed by atoms with E-state index in [0.29, 0.717) is 17.4 Å². The van der Waals surface area contributed by atoms with E-state index in [2.05, 4.69) is 20.1 Å². The van der Waals surface area contributed by atoms with Crippen LogP contribution in [-0.4, -0.2) is 44.9 Å². The van der Waals surface area contributed by atoms with E-state index in [0.717, 1.165) is 0 Å². The fraction of sp³-hybridized carbons (Fsp3) is 0.250. The summed E-state index contributed by atoms with van der Waals surface area (Å²) in [6, 6.07) is 8.03. The minimum atomic E-state index is -0.445. The van der Waals surface area contributed by atoms with Gasteiger partial charge in [-0.15, -0.1) is 5.10 Å². The standard InChI is InChI=1S/C16H17FN6O/c1-11(24-14-7-5-4-6-12(14)17)13-8-9-18-16-20-15(21-23(13)16)19-10-22(2)3/h4-11H,1-3H3. The molecular formula is C16H17FN6O. The highest BCUT2D eigenvalue weighted by Crippen LogP contribution is 2.24. The Morgan fingerprint density at radius 2 is 2.08 bits per heavy atom. The Morgan fingerprint density at radius 3 is 2.83 bits per heavy atom. The van der Waals surface area contributed by atoms with Gasteiger partial charge in [-0.1, -0.05) is 12.1 Å². The molecule has 124 valence electrons. The van der Waals surface area contributed by atoms with Crippen molar-refractivity contribution in [2.24, 2.45) is 4.99 Å². The van der Waals surface area contributed by atoms with Gasteiger partial charge in [0.05, 0.1) is 12.0 Å². The Hall–Kier alpha value is -3.03. The third-order valence-electron chi connectivity index (χ3n) is 3.22. The summed E-state index contributed by atoms with van der Waals surface area (Å²) in [6.45, 7) is 1.81. The summed E-state index contributed by atoms with van der Waals surface area (Å²) in [5, 5.41) is 4.31. The quantitative estimate of drug-likeness (QED) is 0.532. The van der Waals surface area contributed by atoms with Crippen molar-refractivity contribution in [3.63, 3.8) is 0 Å². The Labute approximate surface area is 138 Å². The number of hydrogen-bond donors (Lipinski definition) is 0. The van der Waals surface area contributed by atoms with Gasteiger partial charge in [-0.3, -0.25) is 0 Å². The van der Waals surface area contributed by atoms with Crippen molar-refractivity contribution in [2.45, 2.75) is 13.0 Å². The molecule has 1 aromatic carbocycles. The first kappa shape index (κ1) is 15.9. The molecule has 3 aromatic rings. The Bertz CT molecular complexity index is 876. The maximum absolute atomic E-state index is 13.8. The van der Waals surface area contributed by atoms with Crippen LogP contribution in [0.3, 0.4) is 0 Å². The monoisotopic (exact) mass is 328 g/mol. The lowest BCUT2D eigenvalue weighted by atomic mass is 10.2. The average molecular weight is 328 g/mol. The highest BCUT2D eigenvalue weighted by Gasteiger charge is 2.16. The molecule has 2 aromatic heterocycles. The van der Waals surface area contributed by atoms with Crippen LogP contribution >= 0.6 is 0 Å². The molecule has 1 atom stereocenters. The van der Waals surface area contributed by atoms with Crippen molar-refractivity contribution < 1.29 is 9.13 Å². The van der Waals surface area contributed by atoms with Gasteiger partial charge in [0.2, 0.25) is 0 Å². The molecule has 0 aliphatic heterocycles. The molecule has 1 unspecified atom stereocenters. The van der Waals surface area contributed by atoms with Crippen molar-refractivity contribution in [3.8, 4) is 5.75 Å². The maximum Gasteiger partial charge on any atom is 0.272 e. The molecule has 0 radical (unpaired) electrons. The molecule has 0 amide bonds. The largest absolute Gasteiger partial charge is 0.481 e. The minimum absolute atomic E-state index is 0.181. The van der Waals surface area contributed by atoms with Crippen LogP contribution in [0.25, 0.3) is 5.78 Å². The lowest BCUT2D eigenvalue weighted by Crippen LogP contribution is -2.10. The fourth-order valence-electron chi connectivity index (χ4n) is 2.12. The molecule has 0 fully saturated rings. The summed E-state index contributed by atoms with van der Waals surface area (Å²) in [7, 11) is 3.71. The van der Waals surface area contributed by atoms with Gasteiger partial charge in [0.1, 0.15) is 6.10 Å². The van der Waals surface area contributed by atoms with Gasteiger partial charge in [-0.25, -0.2) is 14.4 Å². The van der Waals surface area contributed by atoms with E-state index in [9.17, 15) is 4.39 Å². The molecule has 8 heteroatoms. The first-order valence-electron chi connectivity index (χ1n) is 7.38. The van der Waals surface area contributed by atoms with E-state index in [1.165, 1.54) is 6.07 Å². The van der Waals surface area contributed by atoms with E-state index in [4.69, 9.17) is 4.74 Å². The van der Waals surface area contributed by atoms with Crippen molar-refractivity contribution in [3.05, 3.63) is 48.0 Å². The molecule has 3 rings (SSSR count). The summed E-state index contributed by atoms with van der Waals surface area (Å²) in [5.41, 5.74) is 0.696. The van der Waals surface area contributed by atoms with Crippen molar-refractivity contribution in [1.82, 2.24) is 24.5 Å². The number of ether oxygens (including phenoxy) is 1. The molecule has 2 heterocycles. The van der Waals surface area contributed by atoms with Gasteiger partial charge in [0.25, 0.3) is 11.7 Å². The zero-order chi connectivity index (χ0) is 17.1. The van der Waals surface area contributed by atoms with Crippen LogP contribution in [0.2, 0.25) is 0 Å². The number of hydrogen-bond acceptors (Lipinski definition) is 5. The molecule has 24 heavy (non-hydrogen) atoms. The molecule has 0 spiro atoms. The van der Waals surface area contributed by atoms with Crippen LogP contribution in [0.1, 0.15) is 18.7 Å². The molecule has 0 bridgehead atoms. The second kappa shape index (κ2) is 6.61. The Kier molecular flexibility index (Phi) is 4.37. The van der Waals surface area contributed by atoms with E-state index >= 15 is 0 Å². The van der Waals surface area contributed by atoms with Gasteiger partial charge < -0.3 is 9.64 Å². The fourth-order valence-corrected chi connectivity index (χ4v) is 2.12. The van der Waals surface area contributed by atoms with Gasteiger partial charge >= 0.3 is 0 Å². The number of rotatable bonds is 5. The van der Waals surface area contributed by atoms with Crippen molar-refractivity contribution in [1.29, 1.82) is 0 Å². The third kappa shape index (κ3) is 3.32. The number of benzene rings is 1. The first-order chi connectivity index (χ1) is 11.5. The van der Waals surface area contributed by atoms with Crippen LogP contribution in [-0.2, 0) is 0 Å². The number of para-hydroxylation sites is 1. The zero-order valence-electron chi connectivity index (χ0n) is 13.6. The number of aromatic nitrogens is 4. The van der Waals surface area contributed by atoms with Crippen molar-refractivity contribution in [2.75, 3.05) is 14.1 Å². The normalized spacial score (nSPS) is 12.7.